The summed E-state index contributed by atoms with van der Waals surface area (Å²) in [4.78, 5) is 26.2. The number of carbonyl (C=O) groups excluding carboxylic acids is 2. The molecule has 0 aromatic heterocycles. The molecule has 1 unspecified atom stereocenters. The summed E-state index contributed by atoms with van der Waals surface area (Å²) >= 11 is 6.17. The third kappa shape index (κ3) is 5.71. The lowest BCUT2D eigenvalue weighted by Gasteiger charge is -2.26. The fraction of sp³-hybridized carbons (Fsp3) is 0.333. The van der Waals surface area contributed by atoms with E-state index in [1.807, 2.05) is 44.2 Å². The van der Waals surface area contributed by atoms with E-state index >= 15 is 0 Å². The van der Waals surface area contributed by atoms with E-state index in [1.54, 1.807) is 18.2 Å². The maximum Gasteiger partial charge on any atom is 0.287 e. The topological polar surface area (TPSA) is 71.9 Å². The van der Waals surface area contributed by atoms with Gasteiger partial charge in [-0.2, -0.15) is 0 Å². The van der Waals surface area contributed by atoms with Gasteiger partial charge in [0.1, 0.15) is 5.75 Å². The molecule has 0 saturated heterocycles. The Balaban J connectivity index is 2.28. The maximum atomic E-state index is 13.2. The largest absolute Gasteiger partial charge is 0.495 e. The number of carbonyl (C=O) groups is 2. The highest BCUT2D eigenvalue weighted by atomic mass is 35.5. The zero-order valence-electron chi connectivity index (χ0n) is 16.4. The average Bonchev–Trinajstić information content (AvgIpc) is 2.68. The van der Waals surface area contributed by atoms with Crippen molar-refractivity contribution < 1.29 is 19.2 Å². The van der Waals surface area contributed by atoms with Crippen molar-refractivity contribution in [2.24, 2.45) is 0 Å². The number of anilines is 1. The van der Waals surface area contributed by atoms with Gasteiger partial charge < -0.3 is 20.3 Å². The Morgan fingerprint density at radius 3 is 2.43 bits per heavy atom. The monoisotopic (exact) mass is 404 g/mol. The summed E-state index contributed by atoms with van der Waals surface area (Å²) in [5.41, 5.74) is 1.42. The molecule has 28 heavy (non-hydrogen) atoms. The van der Waals surface area contributed by atoms with E-state index in [1.165, 1.54) is 7.11 Å². The second-order valence-electron chi connectivity index (χ2n) is 6.32. The summed E-state index contributed by atoms with van der Waals surface area (Å²) < 4.78 is 5.15. The van der Waals surface area contributed by atoms with Crippen molar-refractivity contribution in [2.45, 2.75) is 19.9 Å². The molecule has 2 aromatic carbocycles. The second-order valence-corrected chi connectivity index (χ2v) is 6.73. The molecule has 0 aliphatic carbocycles. The number of ether oxygens (including phenoxy) is 1. The first kappa shape index (κ1) is 21.7. The number of nitrogens with one attached hydrogen (secondary N) is 3. The van der Waals surface area contributed by atoms with E-state index in [0.29, 0.717) is 29.5 Å². The number of quaternary nitrogens is 1. The quantitative estimate of drug-likeness (QED) is 0.599. The first-order valence-corrected chi connectivity index (χ1v) is 9.68. The molecule has 0 spiro atoms. The van der Waals surface area contributed by atoms with Crippen molar-refractivity contribution in [3.05, 3.63) is 59.1 Å². The lowest BCUT2D eigenvalue weighted by molar-refractivity contribution is -0.912. The van der Waals surface area contributed by atoms with E-state index in [-0.39, 0.29) is 18.4 Å². The third-order valence-corrected chi connectivity index (χ3v) is 4.73. The molecule has 0 fully saturated rings. The van der Waals surface area contributed by atoms with Gasteiger partial charge in [0.05, 0.1) is 18.7 Å². The van der Waals surface area contributed by atoms with Gasteiger partial charge in [-0.05, 0) is 32.0 Å². The standard InChI is InChI=1S/C21H26ClN3O3/c1-4-23-19(26)14-25(5-2)20(15-9-7-6-8-10-15)21(27)24-16-11-12-18(28-3)17(22)13-16/h6-13,20H,4-5,14H2,1-3H3,(H,23,26)(H,24,27)/p+1/t20-/m0/s1. The van der Waals surface area contributed by atoms with Gasteiger partial charge >= 0.3 is 0 Å². The molecule has 7 heteroatoms. The van der Waals surface area contributed by atoms with Crippen LogP contribution in [0.3, 0.4) is 0 Å². The number of amides is 2. The lowest BCUT2D eigenvalue weighted by atomic mass is 10.0. The van der Waals surface area contributed by atoms with Crippen molar-refractivity contribution in [3.63, 3.8) is 0 Å². The normalized spacial score (nSPS) is 12.7. The summed E-state index contributed by atoms with van der Waals surface area (Å²) in [5.74, 6) is 0.255. The average molecular weight is 405 g/mol. The highest BCUT2D eigenvalue weighted by Crippen LogP contribution is 2.27. The van der Waals surface area contributed by atoms with E-state index in [0.717, 1.165) is 10.5 Å². The molecule has 0 radical (unpaired) electrons. The van der Waals surface area contributed by atoms with Crippen LogP contribution < -0.4 is 20.3 Å². The van der Waals surface area contributed by atoms with E-state index in [4.69, 9.17) is 16.3 Å². The minimum absolute atomic E-state index is 0.0828. The third-order valence-electron chi connectivity index (χ3n) is 4.44. The number of hydrogen-bond donors (Lipinski definition) is 3. The van der Waals surface area contributed by atoms with Crippen LogP contribution in [0.15, 0.2) is 48.5 Å². The first-order valence-electron chi connectivity index (χ1n) is 9.30. The molecule has 2 rings (SSSR count). The lowest BCUT2D eigenvalue weighted by Crippen LogP contribution is -3.14. The van der Waals surface area contributed by atoms with Crippen LogP contribution in [0.25, 0.3) is 0 Å². The molecule has 150 valence electrons. The van der Waals surface area contributed by atoms with Crippen LogP contribution in [-0.2, 0) is 9.59 Å². The van der Waals surface area contributed by atoms with Crippen LogP contribution in [0.2, 0.25) is 5.02 Å². The highest BCUT2D eigenvalue weighted by Gasteiger charge is 2.32. The smallest absolute Gasteiger partial charge is 0.287 e. The number of hydrogen-bond acceptors (Lipinski definition) is 3. The zero-order chi connectivity index (χ0) is 20.5. The Bertz CT molecular complexity index is 799. The summed E-state index contributed by atoms with van der Waals surface area (Å²) in [6.07, 6.45) is 0. The molecule has 0 aliphatic rings. The van der Waals surface area contributed by atoms with E-state index < -0.39 is 6.04 Å². The zero-order valence-corrected chi connectivity index (χ0v) is 17.2. The molecule has 0 aliphatic heterocycles. The molecule has 0 heterocycles. The number of likely N-dealkylation sites (N-methyl/N-ethyl adjacent to an activating group) is 2. The van der Waals surface area contributed by atoms with Crippen LogP contribution in [0.1, 0.15) is 25.5 Å². The van der Waals surface area contributed by atoms with Gasteiger partial charge in [0, 0.05) is 17.8 Å². The molecular formula is C21H27ClN3O3+. The van der Waals surface area contributed by atoms with Gasteiger partial charge in [-0.3, -0.25) is 9.59 Å². The van der Waals surface area contributed by atoms with Crippen LogP contribution in [-0.4, -0.2) is 38.6 Å². The molecule has 6 nitrogen and oxygen atoms in total. The predicted octanol–water partition coefficient (Wildman–Crippen LogP) is 2.07. The minimum atomic E-state index is -0.533. The van der Waals surface area contributed by atoms with Crippen molar-refractivity contribution in [2.75, 3.05) is 32.1 Å². The Morgan fingerprint density at radius 1 is 1.14 bits per heavy atom. The summed E-state index contributed by atoms with van der Waals surface area (Å²) in [7, 11) is 1.54. The van der Waals surface area contributed by atoms with Crippen molar-refractivity contribution >= 4 is 29.1 Å². The number of rotatable bonds is 9. The Kier molecular flexibility index (Phi) is 8.29. The Morgan fingerprint density at radius 2 is 1.86 bits per heavy atom. The molecule has 2 amide bonds. The summed E-state index contributed by atoms with van der Waals surface area (Å²) in [6, 6.07) is 14.0. The fourth-order valence-corrected chi connectivity index (χ4v) is 3.33. The van der Waals surface area contributed by atoms with Gasteiger partial charge in [0.25, 0.3) is 11.8 Å². The Hall–Kier alpha value is -2.57. The summed E-state index contributed by atoms with van der Waals surface area (Å²) in [5, 5.41) is 6.14. The van der Waals surface area contributed by atoms with Crippen LogP contribution in [0.5, 0.6) is 5.75 Å². The predicted molar refractivity (Wildman–Crippen MR) is 111 cm³/mol. The van der Waals surface area contributed by atoms with Gasteiger partial charge in [0.15, 0.2) is 12.6 Å². The molecule has 0 bridgehead atoms. The van der Waals surface area contributed by atoms with Gasteiger partial charge in [0.2, 0.25) is 0 Å². The molecule has 3 N–H and O–H groups in total. The van der Waals surface area contributed by atoms with Gasteiger partial charge in [-0.1, -0.05) is 41.9 Å². The van der Waals surface area contributed by atoms with E-state index in [2.05, 4.69) is 10.6 Å². The molecule has 2 atom stereocenters. The molecule has 2 aromatic rings. The van der Waals surface area contributed by atoms with Crippen molar-refractivity contribution in [1.82, 2.24) is 5.32 Å². The summed E-state index contributed by atoms with van der Waals surface area (Å²) in [6.45, 7) is 5.22. The minimum Gasteiger partial charge on any atom is -0.495 e. The van der Waals surface area contributed by atoms with Crippen molar-refractivity contribution in [3.8, 4) is 5.75 Å². The van der Waals surface area contributed by atoms with Crippen LogP contribution in [0.4, 0.5) is 5.69 Å². The fourth-order valence-electron chi connectivity index (χ4n) is 3.07. The maximum absolute atomic E-state index is 13.2. The SMILES string of the molecule is CCNC(=O)C[NH+](CC)[C@H](C(=O)Nc1ccc(OC)c(Cl)c1)c1ccccc1. The Labute approximate surface area is 170 Å². The van der Waals surface area contributed by atoms with Gasteiger partial charge in [-0.25, -0.2) is 0 Å². The van der Waals surface area contributed by atoms with Crippen molar-refractivity contribution in [1.29, 1.82) is 0 Å². The van der Waals surface area contributed by atoms with Gasteiger partial charge in [-0.15, -0.1) is 0 Å². The highest BCUT2D eigenvalue weighted by molar-refractivity contribution is 6.32. The second kappa shape index (κ2) is 10.7. The van der Waals surface area contributed by atoms with E-state index in [9.17, 15) is 9.59 Å². The number of halogens is 1. The molecular weight excluding hydrogens is 378 g/mol. The number of methoxy groups -OCH3 is 1. The van der Waals surface area contributed by atoms with Crippen LogP contribution in [0, 0.1) is 0 Å². The number of benzene rings is 2. The van der Waals surface area contributed by atoms with Crippen LogP contribution >= 0.6 is 11.6 Å². The first-order chi connectivity index (χ1) is 13.5. The molecule has 0 saturated carbocycles.